The van der Waals surface area contributed by atoms with Gasteiger partial charge in [-0.2, -0.15) is 0 Å². The fraction of sp³-hybridized carbons (Fsp3) is 0.240. The van der Waals surface area contributed by atoms with Crippen LogP contribution in [0, 0.1) is 0 Å². The molecule has 3 aromatic rings. The SMILES string of the molecule is C[C@H](NC(=O)[C@H](CC(=O)OCc1ccccc1)NSI)C(=O)NCc1cccc2ccccc12. The van der Waals surface area contributed by atoms with E-state index in [2.05, 4.69) is 15.4 Å². The number of hydrogen-bond donors (Lipinski definition) is 3. The Bertz CT molecular complexity index is 1120. The van der Waals surface area contributed by atoms with E-state index in [1.54, 1.807) is 6.92 Å². The number of benzene rings is 3. The summed E-state index contributed by atoms with van der Waals surface area (Å²) in [7, 11) is 1.19. The van der Waals surface area contributed by atoms with Gasteiger partial charge in [-0.1, -0.05) is 72.8 Å². The lowest BCUT2D eigenvalue weighted by Crippen LogP contribution is -2.50. The Morgan fingerprint density at radius 3 is 2.41 bits per heavy atom. The fourth-order valence-electron chi connectivity index (χ4n) is 3.37. The van der Waals surface area contributed by atoms with Gasteiger partial charge in [0.2, 0.25) is 11.8 Å². The summed E-state index contributed by atoms with van der Waals surface area (Å²) in [6.07, 6.45) is -0.154. The highest BCUT2D eigenvalue weighted by Gasteiger charge is 2.25. The van der Waals surface area contributed by atoms with E-state index in [1.165, 1.54) is 9.12 Å². The van der Waals surface area contributed by atoms with Crippen molar-refractivity contribution in [2.45, 2.75) is 38.6 Å². The topological polar surface area (TPSA) is 96.5 Å². The van der Waals surface area contributed by atoms with Gasteiger partial charge in [0.25, 0.3) is 0 Å². The molecule has 0 aliphatic carbocycles. The van der Waals surface area contributed by atoms with E-state index in [9.17, 15) is 14.4 Å². The third-order valence-corrected chi connectivity index (χ3v) is 6.34. The molecule has 0 spiro atoms. The largest absolute Gasteiger partial charge is 0.461 e. The lowest BCUT2D eigenvalue weighted by atomic mass is 10.0. The summed E-state index contributed by atoms with van der Waals surface area (Å²) < 4.78 is 8.17. The van der Waals surface area contributed by atoms with Crippen LogP contribution in [0.2, 0.25) is 0 Å². The van der Waals surface area contributed by atoms with E-state index >= 15 is 0 Å². The van der Waals surface area contributed by atoms with Gasteiger partial charge in [0.05, 0.1) is 6.42 Å². The van der Waals surface area contributed by atoms with E-state index in [4.69, 9.17) is 4.74 Å². The highest BCUT2D eigenvalue weighted by atomic mass is 127. The zero-order chi connectivity index (χ0) is 24.3. The Balaban J connectivity index is 1.50. The molecule has 3 N–H and O–H groups in total. The summed E-state index contributed by atoms with van der Waals surface area (Å²) in [5.74, 6) is -1.27. The molecule has 0 unspecified atom stereocenters. The highest BCUT2D eigenvalue weighted by Crippen LogP contribution is 2.18. The zero-order valence-electron chi connectivity index (χ0n) is 18.6. The molecule has 0 heterocycles. The summed E-state index contributed by atoms with van der Waals surface area (Å²) >= 11 is 1.98. The van der Waals surface area contributed by atoms with Crippen LogP contribution in [0.25, 0.3) is 10.8 Å². The number of carbonyl (C=O) groups excluding carboxylic acids is 3. The van der Waals surface area contributed by atoms with Crippen molar-refractivity contribution in [1.29, 1.82) is 0 Å². The molecular formula is C25H26IN3O4S. The van der Waals surface area contributed by atoms with Crippen LogP contribution in [0.3, 0.4) is 0 Å². The van der Waals surface area contributed by atoms with Crippen LogP contribution in [-0.2, 0) is 32.3 Å². The number of amides is 2. The summed E-state index contributed by atoms with van der Waals surface area (Å²) in [6, 6.07) is 21.6. The molecule has 2 amide bonds. The van der Waals surface area contributed by atoms with E-state index in [1.807, 2.05) is 94.0 Å². The fourth-order valence-corrected chi connectivity index (χ4v) is 4.59. The highest BCUT2D eigenvalue weighted by molar-refractivity contribution is 14.2. The predicted octanol–water partition coefficient (Wildman–Crippen LogP) is 4.05. The van der Waals surface area contributed by atoms with Crippen molar-refractivity contribution in [3.63, 3.8) is 0 Å². The van der Waals surface area contributed by atoms with Gasteiger partial charge in [0.1, 0.15) is 18.7 Å². The summed E-state index contributed by atoms with van der Waals surface area (Å²) in [5.41, 5.74) is 1.86. The Labute approximate surface area is 215 Å². The molecule has 2 atom stereocenters. The van der Waals surface area contributed by atoms with Crippen molar-refractivity contribution in [2.75, 3.05) is 0 Å². The number of carbonyl (C=O) groups is 3. The number of fused-ring (bicyclic) bond motifs is 1. The monoisotopic (exact) mass is 591 g/mol. The Kier molecular flexibility index (Phi) is 10.2. The van der Waals surface area contributed by atoms with Gasteiger partial charge in [-0.05, 0) is 37.9 Å². The molecule has 0 fully saturated rings. The maximum atomic E-state index is 12.7. The second kappa shape index (κ2) is 13.3. The standard InChI is InChI=1S/C25H26IN3O4S/c1-17(24(31)27-15-20-12-7-11-19-10-5-6-13-21(19)20)28-25(32)22(29-34-26)14-23(30)33-16-18-8-3-2-4-9-18/h2-13,17,22,29H,14-16H2,1H3,(H,27,31)(H,28,32)/t17-,22-/m0/s1. The lowest BCUT2D eigenvalue weighted by molar-refractivity contribution is -0.147. The molecule has 3 rings (SSSR count). The molecule has 0 saturated heterocycles. The number of esters is 1. The Morgan fingerprint density at radius 1 is 0.941 bits per heavy atom. The Morgan fingerprint density at radius 2 is 1.65 bits per heavy atom. The van der Waals surface area contributed by atoms with Gasteiger partial charge in [-0.15, -0.1) is 0 Å². The van der Waals surface area contributed by atoms with Gasteiger partial charge in [0, 0.05) is 27.8 Å². The third-order valence-electron chi connectivity index (χ3n) is 5.20. The maximum absolute atomic E-state index is 12.7. The van der Waals surface area contributed by atoms with Crippen molar-refractivity contribution in [3.8, 4) is 0 Å². The van der Waals surface area contributed by atoms with Crippen LogP contribution in [0.1, 0.15) is 24.5 Å². The van der Waals surface area contributed by atoms with Crippen LogP contribution in [0.5, 0.6) is 0 Å². The smallest absolute Gasteiger partial charge is 0.308 e. The van der Waals surface area contributed by atoms with Crippen LogP contribution < -0.4 is 15.4 Å². The average molecular weight is 591 g/mol. The van der Waals surface area contributed by atoms with Gasteiger partial charge < -0.3 is 15.4 Å². The number of halogens is 1. The van der Waals surface area contributed by atoms with E-state index < -0.39 is 24.0 Å². The first-order valence-electron chi connectivity index (χ1n) is 10.8. The van der Waals surface area contributed by atoms with Crippen LogP contribution >= 0.6 is 30.3 Å². The molecule has 178 valence electrons. The minimum Gasteiger partial charge on any atom is -0.461 e. The first-order valence-corrected chi connectivity index (χ1v) is 14.1. The molecule has 9 heteroatoms. The van der Waals surface area contributed by atoms with Crippen molar-refractivity contribution >= 4 is 58.9 Å². The quantitative estimate of drug-likeness (QED) is 0.177. The van der Waals surface area contributed by atoms with Gasteiger partial charge in [0.15, 0.2) is 0 Å². The zero-order valence-corrected chi connectivity index (χ0v) is 21.6. The number of hydrogen-bond acceptors (Lipinski definition) is 6. The summed E-state index contributed by atoms with van der Waals surface area (Å²) in [4.78, 5) is 37.6. The van der Waals surface area contributed by atoms with Gasteiger partial charge in [-0.25, -0.2) is 4.72 Å². The normalized spacial score (nSPS) is 12.5. The minimum absolute atomic E-state index is 0.137. The molecule has 7 nitrogen and oxygen atoms in total. The molecule has 0 saturated carbocycles. The maximum Gasteiger partial charge on any atom is 0.308 e. The summed E-state index contributed by atoms with van der Waals surface area (Å²) in [5, 5.41) is 7.72. The van der Waals surface area contributed by atoms with Gasteiger partial charge in [-0.3, -0.25) is 14.4 Å². The van der Waals surface area contributed by atoms with Crippen LogP contribution in [0.4, 0.5) is 0 Å². The van der Waals surface area contributed by atoms with Gasteiger partial charge >= 0.3 is 5.97 Å². The lowest BCUT2D eigenvalue weighted by Gasteiger charge is -2.19. The second-order valence-electron chi connectivity index (χ2n) is 7.68. The molecule has 0 aliphatic rings. The molecule has 0 radical (unpaired) electrons. The predicted molar refractivity (Wildman–Crippen MR) is 143 cm³/mol. The van der Waals surface area contributed by atoms with Crippen molar-refractivity contribution < 1.29 is 19.1 Å². The first-order chi connectivity index (χ1) is 16.5. The molecular weight excluding hydrogens is 565 g/mol. The molecule has 0 bridgehead atoms. The number of ether oxygens (including phenoxy) is 1. The van der Waals surface area contributed by atoms with Crippen LogP contribution in [0.15, 0.2) is 72.8 Å². The van der Waals surface area contributed by atoms with Crippen molar-refractivity contribution in [2.24, 2.45) is 0 Å². The molecule has 3 aromatic carbocycles. The second-order valence-corrected chi connectivity index (χ2v) is 9.40. The van der Waals surface area contributed by atoms with Crippen molar-refractivity contribution in [3.05, 3.63) is 83.9 Å². The minimum atomic E-state index is -0.835. The average Bonchev–Trinajstić information content (AvgIpc) is 2.86. The van der Waals surface area contributed by atoms with Crippen LogP contribution in [-0.4, -0.2) is 29.9 Å². The van der Waals surface area contributed by atoms with Crippen molar-refractivity contribution in [1.82, 2.24) is 15.4 Å². The third kappa shape index (κ3) is 7.71. The summed E-state index contributed by atoms with van der Waals surface area (Å²) in [6.45, 7) is 2.09. The Hall–Kier alpha value is -2.63. The number of rotatable bonds is 11. The van der Waals surface area contributed by atoms with E-state index in [0.29, 0.717) is 6.54 Å². The number of nitrogens with one attached hydrogen (secondary N) is 3. The first kappa shape index (κ1) is 26.0. The van der Waals surface area contributed by atoms with E-state index in [-0.39, 0.29) is 18.9 Å². The molecule has 0 aromatic heterocycles. The molecule has 0 aliphatic heterocycles. The van der Waals surface area contributed by atoms with E-state index in [0.717, 1.165) is 21.9 Å². The molecule has 34 heavy (non-hydrogen) atoms.